The van der Waals surface area contributed by atoms with Crippen LogP contribution in [0.25, 0.3) is 11.1 Å². The van der Waals surface area contributed by atoms with Crippen LogP contribution in [0, 0.1) is 11.3 Å². The molecule has 0 spiro atoms. The van der Waals surface area contributed by atoms with Crippen molar-refractivity contribution >= 4 is 32.8 Å². The summed E-state index contributed by atoms with van der Waals surface area (Å²) in [4.78, 5) is 35.3. The Hall–Kier alpha value is -5.38. The second-order valence-corrected chi connectivity index (χ2v) is 12.8. The Morgan fingerprint density at radius 1 is 0.913 bits per heavy atom. The normalized spacial score (nSPS) is 13.3. The minimum absolute atomic E-state index is 0.0161. The fourth-order valence-electron chi connectivity index (χ4n) is 4.98. The number of aryl methyl sites for hydroxylation is 1. The number of para-hydroxylation sites is 2. The molecule has 46 heavy (non-hydrogen) atoms. The number of aliphatic hydroxyl groups excluding tert-OH is 1. The molecule has 0 aliphatic rings. The monoisotopic (exact) mass is 637 g/mol. The number of pyridine rings is 1. The van der Waals surface area contributed by atoms with E-state index in [-0.39, 0.29) is 29.0 Å². The lowest BCUT2D eigenvalue weighted by molar-refractivity contribution is -0.124. The molecule has 2 aromatic heterocycles. The van der Waals surface area contributed by atoms with Crippen molar-refractivity contribution in [3.05, 3.63) is 132 Å². The Bertz CT molecular complexity index is 1930. The van der Waals surface area contributed by atoms with Gasteiger partial charge in [0.2, 0.25) is 11.8 Å². The number of fused-ring (bicyclic) bond motifs is 1. The molecule has 5 aromatic rings. The maximum Gasteiger partial charge on any atom is 0.252 e. The lowest BCUT2D eigenvalue weighted by Crippen LogP contribution is -2.54. The average molecular weight is 638 g/mol. The molecule has 5 rings (SSSR count). The first-order valence-electron chi connectivity index (χ1n) is 14.5. The summed E-state index contributed by atoms with van der Waals surface area (Å²) >= 11 is 0. The van der Waals surface area contributed by atoms with Crippen LogP contribution in [0.2, 0.25) is 0 Å². The smallest absolute Gasteiger partial charge is 0.252 e. The Labute approximate surface area is 265 Å². The number of nitrogens with zero attached hydrogens (tertiary/aromatic N) is 3. The highest BCUT2D eigenvalue weighted by molar-refractivity contribution is 7.90. The summed E-state index contributed by atoms with van der Waals surface area (Å²) in [5.41, 5.74) is 2.57. The highest BCUT2D eigenvalue weighted by Gasteiger charge is 2.33. The largest absolute Gasteiger partial charge is 0.438 e. The lowest BCUT2D eigenvalue weighted by Gasteiger charge is -2.26. The van der Waals surface area contributed by atoms with Gasteiger partial charge in [-0.1, -0.05) is 60.7 Å². The topological polar surface area (TPSA) is 175 Å². The van der Waals surface area contributed by atoms with Crippen LogP contribution in [-0.2, 0) is 26.8 Å². The van der Waals surface area contributed by atoms with Crippen LogP contribution >= 0.6 is 0 Å². The molecule has 0 aliphatic carbocycles. The zero-order chi connectivity index (χ0) is 32.5. The van der Waals surface area contributed by atoms with Gasteiger partial charge in [0.05, 0.1) is 29.2 Å². The quantitative estimate of drug-likeness (QED) is 0.174. The van der Waals surface area contributed by atoms with Crippen LogP contribution in [0.15, 0.2) is 108 Å². The summed E-state index contributed by atoms with van der Waals surface area (Å²) in [7, 11) is -4.05. The van der Waals surface area contributed by atoms with E-state index in [2.05, 4.69) is 20.6 Å². The van der Waals surface area contributed by atoms with Crippen LogP contribution in [0.1, 0.15) is 45.5 Å². The molecule has 234 valence electrons. The van der Waals surface area contributed by atoms with Crippen molar-refractivity contribution in [1.82, 2.24) is 20.6 Å². The molecule has 12 heteroatoms. The van der Waals surface area contributed by atoms with E-state index in [1.54, 1.807) is 36.4 Å². The molecule has 0 fully saturated rings. The van der Waals surface area contributed by atoms with E-state index in [4.69, 9.17) is 4.42 Å². The van der Waals surface area contributed by atoms with Gasteiger partial charge in [0.15, 0.2) is 21.5 Å². The summed E-state index contributed by atoms with van der Waals surface area (Å²) in [6.07, 6.45) is 2.10. The fourth-order valence-corrected chi connectivity index (χ4v) is 6.57. The third-order valence-corrected chi connectivity index (χ3v) is 8.95. The van der Waals surface area contributed by atoms with E-state index < -0.39 is 51.3 Å². The van der Waals surface area contributed by atoms with Gasteiger partial charge in [0, 0.05) is 18.0 Å². The van der Waals surface area contributed by atoms with E-state index in [0.717, 1.165) is 5.56 Å². The highest BCUT2D eigenvalue weighted by Crippen LogP contribution is 2.25. The average Bonchev–Trinajstić information content (AvgIpc) is 3.51. The molecule has 3 atom stereocenters. The third kappa shape index (κ3) is 8.20. The summed E-state index contributed by atoms with van der Waals surface area (Å²) in [5.74, 6) is -2.81. The zero-order valence-corrected chi connectivity index (χ0v) is 25.4. The third-order valence-electron chi connectivity index (χ3n) is 7.36. The summed E-state index contributed by atoms with van der Waals surface area (Å²) < 4.78 is 32.6. The standard InChI is InChI=1S/C34H31N5O6S/c35-20-25-10-4-5-11-26(25)21-46(43,44)22-29(38-32(41)24-16-18-36-19-17-24)33(42)37-28(15-14-23-8-2-1-3-9-23)31(40)34-39-27-12-6-7-13-30(27)45-34/h1-13,16-19,28-29,31,40H,14-15,21-22H2,(H,37,42)(H,38,41)/t28-,29-,31?/m0/s1. The van der Waals surface area contributed by atoms with Gasteiger partial charge >= 0.3 is 0 Å². The zero-order valence-electron chi connectivity index (χ0n) is 24.6. The number of benzene rings is 3. The fraction of sp³-hybridized carbons (Fsp3) is 0.206. The van der Waals surface area contributed by atoms with Crippen molar-refractivity contribution in [3.8, 4) is 6.07 Å². The predicted molar refractivity (Wildman–Crippen MR) is 170 cm³/mol. The number of nitrogens with one attached hydrogen (secondary N) is 2. The number of sulfone groups is 1. The molecule has 11 nitrogen and oxygen atoms in total. The van der Waals surface area contributed by atoms with E-state index in [9.17, 15) is 28.4 Å². The van der Waals surface area contributed by atoms with Crippen molar-refractivity contribution in [2.45, 2.75) is 36.8 Å². The number of carbonyl (C=O) groups excluding carboxylic acids is 2. The molecule has 1 unspecified atom stereocenters. The van der Waals surface area contributed by atoms with Gasteiger partial charge < -0.3 is 20.2 Å². The summed E-state index contributed by atoms with van der Waals surface area (Å²) in [5, 5.41) is 26.2. The van der Waals surface area contributed by atoms with Gasteiger partial charge in [-0.15, -0.1) is 0 Å². The second kappa shape index (κ2) is 14.6. The number of oxazole rings is 1. The van der Waals surface area contributed by atoms with Gasteiger partial charge in [-0.2, -0.15) is 5.26 Å². The minimum Gasteiger partial charge on any atom is -0.438 e. The van der Waals surface area contributed by atoms with Crippen LogP contribution in [-0.4, -0.2) is 53.1 Å². The molecule has 0 aliphatic heterocycles. The van der Waals surface area contributed by atoms with E-state index >= 15 is 0 Å². The van der Waals surface area contributed by atoms with Gasteiger partial charge in [-0.05, 0) is 54.3 Å². The van der Waals surface area contributed by atoms with Crippen LogP contribution in [0.4, 0.5) is 0 Å². The van der Waals surface area contributed by atoms with Crippen LogP contribution < -0.4 is 10.6 Å². The number of hydrogen-bond donors (Lipinski definition) is 3. The molecule has 0 radical (unpaired) electrons. The van der Waals surface area contributed by atoms with Gasteiger partial charge in [-0.3, -0.25) is 14.6 Å². The number of amides is 2. The molecule has 3 aromatic carbocycles. The van der Waals surface area contributed by atoms with Crippen molar-refractivity contribution in [2.24, 2.45) is 0 Å². The van der Waals surface area contributed by atoms with Crippen LogP contribution in [0.3, 0.4) is 0 Å². The Kier molecular flexibility index (Phi) is 10.2. The molecule has 0 bridgehead atoms. The lowest BCUT2D eigenvalue weighted by atomic mass is 10.0. The second-order valence-electron chi connectivity index (χ2n) is 10.7. The minimum atomic E-state index is -4.05. The van der Waals surface area contributed by atoms with Gasteiger partial charge in [0.1, 0.15) is 11.6 Å². The Balaban J connectivity index is 1.42. The van der Waals surface area contributed by atoms with Crippen molar-refractivity contribution in [3.63, 3.8) is 0 Å². The van der Waals surface area contributed by atoms with E-state index in [0.29, 0.717) is 17.5 Å². The first-order valence-corrected chi connectivity index (χ1v) is 16.3. The highest BCUT2D eigenvalue weighted by atomic mass is 32.2. The van der Waals surface area contributed by atoms with Gasteiger partial charge in [0.25, 0.3) is 5.91 Å². The predicted octanol–water partition coefficient (Wildman–Crippen LogP) is 3.66. The molecular formula is C34H31N5O6S. The van der Waals surface area contributed by atoms with Crippen LogP contribution in [0.5, 0.6) is 0 Å². The molecule has 2 heterocycles. The molecule has 0 saturated heterocycles. The summed E-state index contributed by atoms with van der Waals surface area (Å²) in [6.45, 7) is 0. The first-order chi connectivity index (χ1) is 22.2. The molecule has 2 amide bonds. The molecule has 3 N–H and O–H groups in total. The number of hydrogen-bond acceptors (Lipinski definition) is 9. The number of aliphatic hydroxyl groups is 1. The Morgan fingerprint density at radius 2 is 1.61 bits per heavy atom. The number of aromatic nitrogens is 2. The number of nitriles is 1. The number of rotatable bonds is 13. The van der Waals surface area contributed by atoms with E-state index in [1.807, 2.05) is 36.4 Å². The van der Waals surface area contributed by atoms with Crippen molar-refractivity contribution in [1.29, 1.82) is 5.26 Å². The van der Waals surface area contributed by atoms with Gasteiger partial charge in [-0.25, -0.2) is 13.4 Å². The maximum absolute atomic E-state index is 13.9. The van der Waals surface area contributed by atoms with Crippen molar-refractivity contribution < 1.29 is 27.5 Å². The first kappa shape index (κ1) is 32.0. The Morgan fingerprint density at radius 3 is 2.35 bits per heavy atom. The van der Waals surface area contributed by atoms with Crippen molar-refractivity contribution in [2.75, 3.05) is 5.75 Å². The SMILES string of the molecule is N#Cc1ccccc1CS(=O)(=O)C[C@H](NC(=O)c1ccncc1)C(=O)N[C@@H](CCc1ccccc1)C(O)c1nc2ccccc2o1. The number of carbonyl (C=O) groups is 2. The summed E-state index contributed by atoms with van der Waals surface area (Å²) in [6, 6.07) is 25.0. The molecule has 0 saturated carbocycles. The molecular weight excluding hydrogens is 606 g/mol. The van der Waals surface area contributed by atoms with E-state index in [1.165, 1.54) is 36.7 Å². The maximum atomic E-state index is 13.9.